The highest BCUT2D eigenvalue weighted by molar-refractivity contribution is 5.62. The van der Waals surface area contributed by atoms with Crippen LogP contribution < -0.4 is 14.8 Å². The van der Waals surface area contributed by atoms with Crippen LogP contribution in [0.25, 0.3) is 0 Å². The van der Waals surface area contributed by atoms with Crippen LogP contribution >= 0.6 is 0 Å². The first kappa shape index (κ1) is 18.0. The number of para-hydroxylation sites is 1. The number of benzene rings is 2. The molecule has 0 aromatic heterocycles. The lowest BCUT2D eigenvalue weighted by Crippen LogP contribution is -2.29. The number of rotatable bonds is 6. The Balaban J connectivity index is 1.62. The fourth-order valence-corrected chi connectivity index (χ4v) is 4.31. The van der Waals surface area contributed by atoms with Crippen LogP contribution in [0.5, 0.6) is 11.5 Å². The number of ether oxygens (including phenoxy) is 2. The molecule has 142 valence electrons. The lowest BCUT2D eigenvalue weighted by atomic mass is 9.77. The Labute approximate surface area is 162 Å². The molecule has 2 aromatic carbocycles. The first-order valence-corrected chi connectivity index (χ1v) is 10.00. The average Bonchev–Trinajstić information content (AvgIpc) is 3.17. The van der Waals surface area contributed by atoms with Gasteiger partial charge in [0.1, 0.15) is 11.5 Å². The van der Waals surface area contributed by atoms with E-state index in [1.54, 1.807) is 7.11 Å². The van der Waals surface area contributed by atoms with Crippen molar-refractivity contribution in [3.63, 3.8) is 0 Å². The van der Waals surface area contributed by atoms with Gasteiger partial charge in [-0.1, -0.05) is 44.2 Å². The molecule has 27 heavy (non-hydrogen) atoms. The Bertz CT molecular complexity index is 827. The van der Waals surface area contributed by atoms with Crippen molar-refractivity contribution in [1.29, 1.82) is 0 Å². The maximum Gasteiger partial charge on any atom is 0.124 e. The maximum absolute atomic E-state index is 6.01. The molecule has 4 rings (SSSR count). The van der Waals surface area contributed by atoms with E-state index in [2.05, 4.69) is 67.7 Å². The molecule has 0 spiro atoms. The van der Waals surface area contributed by atoms with Gasteiger partial charge in [0, 0.05) is 17.2 Å². The monoisotopic (exact) mass is 363 g/mol. The van der Waals surface area contributed by atoms with Crippen LogP contribution in [0, 0.1) is 11.8 Å². The minimum absolute atomic E-state index is 0.251. The maximum atomic E-state index is 6.01. The van der Waals surface area contributed by atoms with E-state index in [9.17, 15) is 0 Å². The molecule has 3 atom stereocenters. The van der Waals surface area contributed by atoms with Crippen molar-refractivity contribution in [1.82, 2.24) is 0 Å². The topological polar surface area (TPSA) is 30.5 Å². The number of hydrogen-bond acceptors (Lipinski definition) is 3. The standard InChI is InChI=1S/C24H29NO2/c1-16(2)13-14-27-17-11-12-22-21(15-17)18-8-6-9-19(18)24(25-22)20-7-4-5-10-23(20)26-3/h4-8,10-12,15-16,18-19,24-25H,9,13-14H2,1-3H3. The lowest BCUT2D eigenvalue weighted by Gasteiger charge is -2.38. The van der Waals surface area contributed by atoms with Crippen LogP contribution in [0.1, 0.15) is 49.8 Å². The highest BCUT2D eigenvalue weighted by atomic mass is 16.5. The van der Waals surface area contributed by atoms with Crippen LogP contribution in [-0.4, -0.2) is 13.7 Å². The summed E-state index contributed by atoms with van der Waals surface area (Å²) in [6.07, 6.45) is 6.85. The highest BCUT2D eigenvalue weighted by Crippen LogP contribution is 2.51. The highest BCUT2D eigenvalue weighted by Gasteiger charge is 2.39. The van der Waals surface area contributed by atoms with Gasteiger partial charge >= 0.3 is 0 Å². The van der Waals surface area contributed by atoms with Gasteiger partial charge in [-0.05, 0) is 54.5 Å². The van der Waals surface area contributed by atoms with Crippen molar-refractivity contribution in [2.45, 2.75) is 38.6 Å². The van der Waals surface area contributed by atoms with E-state index in [1.807, 2.05) is 6.07 Å². The van der Waals surface area contributed by atoms with Crippen LogP contribution in [0.15, 0.2) is 54.6 Å². The van der Waals surface area contributed by atoms with E-state index >= 15 is 0 Å². The molecule has 1 heterocycles. The van der Waals surface area contributed by atoms with Crippen molar-refractivity contribution >= 4 is 5.69 Å². The molecule has 3 nitrogen and oxygen atoms in total. The van der Waals surface area contributed by atoms with Gasteiger partial charge in [0.2, 0.25) is 0 Å². The van der Waals surface area contributed by atoms with Gasteiger partial charge in [0.25, 0.3) is 0 Å². The zero-order valence-electron chi connectivity index (χ0n) is 16.4. The number of hydrogen-bond donors (Lipinski definition) is 1. The summed E-state index contributed by atoms with van der Waals surface area (Å²) in [5, 5.41) is 3.79. The van der Waals surface area contributed by atoms with Gasteiger partial charge in [-0.15, -0.1) is 0 Å². The number of methoxy groups -OCH3 is 1. The second-order valence-corrected chi connectivity index (χ2v) is 8.00. The second kappa shape index (κ2) is 7.67. The average molecular weight is 364 g/mol. The third-order valence-electron chi connectivity index (χ3n) is 5.77. The summed E-state index contributed by atoms with van der Waals surface area (Å²) in [6, 6.07) is 15.1. The van der Waals surface area contributed by atoms with E-state index in [0.717, 1.165) is 30.9 Å². The quantitative estimate of drug-likeness (QED) is 0.644. The van der Waals surface area contributed by atoms with Crippen LogP contribution in [0.3, 0.4) is 0 Å². The zero-order chi connectivity index (χ0) is 18.8. The van der Waals surface area contributed by atoms with E-state index < -0.39 is 0 Å². The van der Waals surface area contributed by atoms with Gasteiger partial charge in [0.15, 0.2) is 0 Å². The Morgan fingerprint density at radius 1 is 1.11 bits per heavy atom. The first-order chi connectivity index (χ1) is 13.2. The zero-order valence-corrected chi connectivity index (χ0v) is 16.4. The number of anilines is 1. The summed E-state index contributed by atoms with van der Waals surface area (Å²) in [5.74, 6) is 3.52. The van der Waals surface area contributed by atoms with E-state index in [4.69, 9.17) is 9.47 Å². The Morgan fingerprint density at radius 3 is 2.78 bits per heavy atom. The summed E-state index contributed by atoms with van der Waals surface area (Å²) >= 11 is 0. The summed E-state index contributed by atoms with van der Waals surface area (Å²) in [4.78, 5) is 0. The molecule has 3 unspecified atom stereocenters. The molecule has 2 aliphatic rings. The second-order valence-electron chi connectivity index (χ2n) is 8.00. The molecule has 0 fully saturated rings. The summed E-state index contributed by atoms with van der Waals surface area (Å²) in [7, 11) is 1.75. The molecule has 1 aliphatic carbocycles. The molecule has 0 saturated heterocycles. The molecular weight excluding hydrogens is 334 g/mol. The Hall–Kier alpha value is -2.42. The number of fused-ring (bicyclic) bond motifs is 3. The van der Waals surface area contributed by atoms with Gasteiger partial charge in [-0.2, -0.15) is 0 Å². The summed E-state index contributed by atoms with van der Waals surface area (Å²) < 4.78 is 11.6. The molecule has 2 aromatic rings. The van der Waals surface area contributed by atoms with E-state index in [-0.39, 0.29) is 6.04 Å². The largest absolute Gasteiger partial charge is 0.496 e. The molecule has 0 bridgehead atoms. The summed E-state index contributed by atoms with van der Waals surface area (Å²) in [5.41, 5.74) is 3.79. The van der Waals surface area contributed by atoms with E-state index in [0.29, 0.717) is 17.8 Å². The van der Waals surface area contributed by atoms with Crippen molar-refractivity contribution in [2.24, 2.45) is 11.8 Å². The molecule has 0 amide bonds. The molecule has 0 radical (unpaired) electrons. The van der Waals surface area contributed by atoms with Crippen molar-refractivity contribution < 1.29 is 9.47 Å². The lowest BCUT2D eigenvalue weighted by molar-refractivity contribution is 0.288. The smallest absolute Gasteiger partial charge is 0.124 e. The van der Waals surface area contributed by atoms with Crippen LogP contribution in [0.4, 0.5) is 5.69 Å². The van der Waals surface area contributed by atoms with E-state index in [1.165, 1.54) is 16.8 Å². The summed E-state index contributed by atoms with van der Waals surface area (Å²) in [6.45, 7) is 5.23. The SMILES string of the molecule is COc1ccccc1C1Nc2ccc(OCCC(C)C)cc2C2C=CCC21. The van der Waals surface area contributed by atoms with Crippen LogP contribution in [0.2, 0.25) is 0 Å². The van der Waals surface area contributed by atoms with Gasteiger partial charge in [0.05, 0.1) is 19.8 Å². The van der Waals surface area contributed by atoms with Gasteiger partial charge in [-0.25, -0.2) is 0 Å². The predicted molar refractivity (Wildman–Crippen MR) is 111 cm³/mol. The molecular formula is C24H29NO2. The first-order valence-electron chi connectivity index (χ1n) is 10.00. The molecule has 0 saturated carbocycles. The molecule has 1 aliphatic heterocycles. The normalized spacial score (nSPS) is 22.9. The van der Waals surface area contributed by atoms with Crippen molar-refractivity contribution in [3.8, 4) is 11.5 Å². The molecule has 3 heteroatoms. The third kappa shape index (κ3) is 3.55. The Kier molecular flexibility index (Phi) is 5.11. The third-order valence-corrected chi connectivity index (χ3v) is 5.77. The van der Waals surface area contributed by atoms with Gasteiger partial charge in [-0.3, -0.25) is 0 Å². The fourth-order valence-electron chi connectivity index (χ4n) is 4.31. The molecule has 1 N–H and O–H groups in total. The minimum Gasteiger partial charge on any atom is -0.496 e. The fraction of sp³-hybridized carbons (Fsp3) is 0.417. The predicted octanol–water partition coefficient (Wildman–Crippen LogP) is 5.95. The van der Waals surface area contributed by atoms with Gasteiger partial charge < -0.3 is 14.8 Å². The number of nitrogens with one attached hydrogen (secondary N) is 1. The van der Waals surface area contributed by atoms with Crippen molar-refractivity contribution in [3.05, 3.63) is 65.7 Å². The minimum atomic E-state index is 0.251. The van der Waals surface area contributed by atoms with Crippen LogP contribution in [-0.2, 0) is 0 Å². The number of allylic oxidation sites excluding steroid dienone is 2. The Morgan fingerprint density at radius 2 is 1.96 bits per heavy atom. The van der Waals surface area contributed by atoms with Crippen molar-refractivity contribution in [2.75, 3.05) is 19.0 Å².